The fourth-order valence-corrected chi connectivity index (χ4v) is 1.42. The smallest absolute Gasteiger partial charge is 0.252 e. The van der Waals surface area contributed by atoms with Gasteiger partial charge in [0.15, 0.2) is 0 Å². The molecule has 1 amide bonds. The van der Waals surface area contributed by atoms with E-state index in [-0.39, 0.29) is 5.54 Å². The van der Waals surface area contributed by atoms with Gasteiger partial charge in [-0.2, -0.15) is 0 Å². The van der Waals surface area contributed by atoms with Crippen molar-refractivity contribution in [2.45, 2.75) is 39.2 Å². The zero-order valence-corrected chi connectivity index (χ0v) is 10.1. The van der Waals surface area contributed by atoms with Crippen LogP contribution in [-0.4, -0.2) is 16.4 Å². The minimum absolute atomic E-state index is 0.0570. The molecule has 0 saturated heterocycles. The summed E-state index contributed by atoms with van der Waals surface area (Å²) in [5, 5.41) is 3.29. The molecule has 0 radical (unpaired) electrons. The Balaban J connectivity index is 3.01. The number of rotatable bonds is 5. The molecular weight excluding hydrogens is 202 g/mol. The molecule has 4 nitrogen and oxygen atoms in total. The highest BCUT2D eigenvalue weighted by molar-refractivity contribution is 5.97. The average Bonchev–Trinajstić information content (AvgIpc) is 2.29. The van der Waals surface area contributed by atoms with Gasteiger partial charge in [0, 0.05) is 11.7 Å². The van der Waals surface area contributed by atoms with Crippen molar-refractivity contribution in [3.8, 4) is 0 Å². The number of hydrogen-bond donors (Lipinski definition) is 2. The van der Waals surface area contributed by atoms with E-state index in [1.54, 1.807) is 18.3 Å². The van der Waals surface area contributed by atoms with Gasteiger partial charge in [0.1, 0.15) is 5.82 Å². The minimum Gasteiger partial charge on any atom is -0.365 e. The number of pyridine rings is 1. The molecule has 0 aromatic carbocycles. The van der Waals surface area contributed by atoms with E-state index in [0.717, 1.165) is 12.8 Å². The topological polar surface area (TPSA) is 68.0 Å². The summed E-state index contributed by atoms with van der Waals surface area (Å²) in [6.45, 7) is 6.30. The summed E-state index contributed by atoms with van der Waals surface area (Å²) in [5.74, 6) is 0.117. The summed E-state index contributed by atoms with van der Waals surface area (Å²) < 4.78 is 0. The van der Waals surface area contributed by atoms with Gasteiger partial charge in [-0.15, -0.1) is 0 Å². The Hall–Kier alpha value is -1.58. The van der Waals surface area contributed by atoms with E-state index in [9.17, 15) is 4.79 Å². The predicted molar refractivity (Wildman–Crippen MR) is 65.4 cm³/mol. The van der Waals surface area contributed by atoms with Crippen LogP contribution in [-0.2, 0) is 0 Å². The second-order valence-electron chi connectivity index (χ2n) is 4.16. The number of amides is 1. The fourth-order valence-electron chi connectivity index (χ4n) is 1.42. The normalized spacial score (nSPS) is 11.2. The molecule has 3 N–H and O–H groups in total. The summed E-state index contributed by atoms with van der Waals surface area (Å²) in [6, 6.07) is 3.39. The number of hydrogen-bond acceptors (Lipinski definition) is 3. The van der Waals surface area contributed by atoms with Crippen molar-refractivity contribution < 1.29 is 4.79 Å². The van der Waals surface area contributed by atoms with E-state index in [1.807, 2.05) is 0 Å². The minimum atomic E-state index is -0.454. The largest absolute Gasteiger partial charge is 0.365 e. The number of nitrogens with one attached hydrogen (secondary N) is 1. The lowest BCUT2D eigenvalue weighted by Gasteiger charge is -2.29. The van der Waals surface area contributed by atoms with E-state index in [0.29, 0.717) is 11.4 Å². The monoisotopic (exact) mass is 221 g/mol. The number of anilines is 1. The Bertz CT molecular complexity index is 372. The third-order valence-electron chi connectivity index (χ3n) is 3.05. The third-order valence-corrected chi connectivity index (χ3v) is 3.05. The number of aromatic nitrogens is 1. The van der Waals surface area contributed by atoms with Gasteiger partial charge in [-0.1, -0.05) is 13.8 Å². The lowest BCUT2D eigenvalue weighted by Crippen LogP contribution is -2.34. The van der Waals surface area contributed by atoms with E-state index in [4.69, 9.17) is 5.73 Å². The van der Waals surface area contributed by atoms with Gasteiger partial charge in [0.2, 0.25) is 0 Å². The molecule has 88 valence electrons. The van der Waals surface area contributed by atoms with Crippen LogP contribution in [0.4, 0.5) is 5.82 Å². The Morgan fingerprint density at radius 1 is 1.50 bits per heavy atom. The number of nitrogens with zero attached hydrogens (tertiary/aromatic N) is 1. The summed E-state index contributed by atoms with van der Waals surface area (Å²) in [6.07, 6.45) is 3.57. The Kier molecular flexibility index (Phi) is 3.88. The van der Waals surface area contributed by atoms with E-state index < -0.39 is 5.91 Å². The van der Waals surface area contributed by atoms with Crippen LogP contribution < -0.4 is 11.1 Å². The quantitative estimate of drug-likeness (QED) is 0.800. The second-order valence-corrected chi connectivity index (χ2v) is 4.16. The van der Waals surface area contributed by atoms with Crippen LogP contribution in [0, 0.1) is 0 Å². The lowest BCUT2D eigenvalue weighted by molar-refractivity contribution is 0.100. The standard InChI is InChI=1S/C12H19N3O/c1-4-12(3,5-2)15-11-9(10(13)16)7-6-8-14-11/h6-8H,4-5H2,1-3H3,(H2,13,16)(H,14,15). The number of nitrogens with two attached hydrogens (primary N) is 1. The summed E-state index contributed by atoms with van der Waals surface area (Å²) in [7, 11) is 0. The Morgan fingerprint density at radius 3 is 2.62 bits per heavy atom. The first-order chi connectivity index (χ1) is 7.52. The van der Waals surface area contributed by atoms with Gasteiger partial charge in [-0.3, -0.25) is 4.79 Å². The molecule has 0 aliphatic heterocycles. The van der Waals surface area contributed by atoms with E-state index in [1.165, 1.54) is 0 Å². The van der Waals surface area contributed by atoms with Crippen molar-refractivity contribution in [2.24, 2.45) is 5.73 Å². The van der Waals surface area contributed by atoms with Crippen LogP contribution in [0.5, 0.6) is 0 Å². The highest BCUT2D eigenvalue weighted by Crippen LogP contribution is 2.22. The molecule has 0 aliphatic rings. The maximum Gasteiger partial charge on any atom is 0.252 e. The number of carbonyl (C=O) groups excluding carboxylic acids is 1. The third kappa shape index (κ3) is 2.72. The first kappa shape index (κ1) is 12.5. The molecular formula is C12H19N3O. The summed E-state index contributed by atoms with van der Waals surface area (Å²) in [5.41, 5.74) is 5.68. The van der Waals surface area contributed by atoms with Crippen molar-refractivity contribution >= 4 is 11.7 Å². The summed E-state index contributed by atoms with van der Waals surface area (Å²) >= 11 is 0. The van der Waals surface area contributed by atoms with Crippen LogP contribution in [0.3, 0.4) is 0 Å². The van der Waals surface area contributed by atoms with Crippen LogP contribution in [0.25, 0.3) is 0 Å². The van der Waals surface area contributed by atoms with Gasteiger partial charge in [0.25, 0.3) is 5.91 Å². The highest BCUT2D eigenvalue weighted by Gasteiger charge is 2.21. The Labute approximate surface area is 96.3 Å². The highest BCUT2D eigenvalue weighted by atomic mass is 16.1. The van der Waals surface area contributed by atoms with Gasteiger partial charge >= 0.3 is 0 Å². The number of carbonyl (C=O) groups is 1. The molecule has 0 aliphatic carbocycles. The molecule has 0 unspecified atom stereocenters. The zero-order valence-electron chi connectivity index (χ0n) is 10.1. The van der Waals surface area contributed by atoms with Crippen molar-refractivity contribution in [1.82, 2.24) is 4.98 Å². The Morgan fingerprint density at radius 2 is 2.12 bits per heavy atom. The molecule has 1 aromatic rings. The first-order valence-electron chi connectivity index (χ1n) is 5.55. The SMILES string of the molecule is CCC(C)(CC)Nc1ncccc1C(N)=O. The molecule has 1 heterocycles. The molecule has 1 rings (SSSR count). The molecule has 0 saturated carbocycles. The van der Waals surface area contributed by atoms with E-state index >= 15 is 0 Å². The lowest BCUT2D eigenvalue weighted by atomic mass is 9.95. The molecule has 1 aromatic heterocycles. The van der Waals surface area contributed by atoms with Crippen LogP contribution in [0.2, 0.25) is 0 Å². The average molecular weight is 221 g/mol. The van der Waals surface area contributed by atoms with Gasteiger partial charge < -0.3 is 11.1 Å². The fraction of sp³-hybridized carbons (Fsp3) is 0.500. The molecule has 0 fully saturated rings. The van der Waals surface area contributed by atoms with Crippen molar-refractivity contribution in [3.63, 3.8) is 0 Å². The maximum absolute atomic E-state index is 11.2. The van der Waals surface area contributed by atoms with Crippen molar-refractivity contribution in [3.05, 3.63) is 23.9 Å². The van der Waals surface area contributed by atoms with Crippen LogP contribution in [0.1, 0.15) is 44.0 Å². The van der Waals surface area contributed by atoms with Gasteiger partial charge in [-0.25, -0.2) is 4.98 Å². The second kappa shape index (κ2) is 4.96. The van der Waals surface area contributed by atoms with Crippen molar-refractivity contribution in [2.75, 3.05) is 5.32 Å². The number of primary amides is 1. The van der Waals surface area contributed by atoms with Gasteiger partial charge in [-0.05, 0) is 31.9 Å². The van der Waals surface area contributed by atoms with Crippen LogP contribution >= 0.6 is 0 Å². The molecule has 0 spiro atoms. The van der Waals surface area contributed by atoms with E-state index in [2.05, 4.69) is 31.1 Å². The first-order valence-corrected chi connectivity index (χ1v) is 5.55. The molecule has 0 bridgehead atoms. The van der Waals surface area contributed by atoms with Gasteiger partial charge in [0.05, 0.1) is 5.56 Å². The molecule has 16 heavy (non-hydrogen) atoms. The predicted octanol–water partition coefficient (Wildman–Crippen LogP) is 2.17. The van der Waals surface area contributed by atoms with Crippen molar-refractivity contribution in [1.29, 1.82) is 0 Å². The van der Waals surface area contributed by atoms with Crippen LogP contribution in [0.15, 0.2) is 18.3 Å². The maximum atomic E-state index is 11.2. The molecule has 4 heteroatoms. The molecule has 0 atom stereocenters. The summed E-state index contributed by atoms with van der Waals surface area (Å²) in [4.78, 5) is 15.4. The zero-order chi connectivity index (χ0) is 12.2.